The average Bonchev–Trinajstić information content (AvgIpc) is 3.10. The average molecular weight is 416 g/mol. The summed E-state index contributed by atoms with van der Waals surface area (Å²) in [5.41, 5.74) is 3.54. The summed E-state index contributed by atoms with van der Waals surface area (Å²) < 4.78 is 11.0. The molecule has 1 heterocycles. The molecule has 4 heteroatoms. The first-order valence-electron chi connectivity index (χ1n) is 11.1. The minimum absolute atomic E-state index is 0.537. The lowest BCUT2D eigenvalue weighted by molar-refractivity contribution is 0.0389. The van der Waals surface area contributed by atoms with Crippen molar-refractivity contribution in [3.05, 3.63) is 83.4 Å². The van der Waals surface area contributed by atoms with E-state index in [-0.39, 0.29) is 0 Å². The number of hydrogen-bond donors (Lipinski definition) is 1. The van der Waals surface area contributed by atoms with Crippen molar-refractivity contribution in [1.82, 2.24) is 4.90 Å². The summed E-state index contributed by atoms with van der Waals surface area (Å²) in [5.74, 6) is 0.861. The Bertz CT molecular complexity index is 1120. The number of nitrogens with zero attached hydrogens (tertiary/aromatic N) is 1. The van der Waals surface area contributed by atoms with Gasteiger partial charge in [-0.25, -0.2) is 0 Å². The van der Waals surface area contributed by atoms with Gasteiger partial charge >= 0.3 is 0 Å². The van der Waals surface area contributed by atoms with Gasteiger partial charge in [0, 0.05) is 31.4 Å². The van der Waals surface area contributed by atoms with Crippen molar-refractivity contribution in [2.24, 2.45) is 0 Å². The molecule has 5 rings (SSSR count). The molecule has 0 radical (unpaired) electrons. The fourth-order valence-electron chi connectivity index (χ4n) is 5.00. The van der Waals surface area contributed by atoms with Crippen LogP contribution in [0.3, 0.4) is 0 Å². The van der Waals surface area contributed by atoms with E-state index in [1.807, 2.05) is 24.3 Å². The predicted octanol–water partition coefficient (Wildman–Crippen LogP) is 4.40. The zero-order valence-corrected chi connectivity index (χ0v) is 18.0. The summed E-state index contributed by atoms with van der Waals surface area (Å²) in [4.78, 5) is 2.45. The molecule has 1 fully saturated rings. The maximum atomic E-state index is 11.8. The van der Waals surface area contributed by atoms with Crippen LogP contribution in [0.25, 0.3) is 16.3 Å². The van der Waals surface area contributed by atoms with Gasteiger partial charge in [-0.3, -0.25) is 4.90 Å². The lowest BCUT2D eigenvalue weighted by atomic mass is 9.87. The van der Waals surface area contributed by atoms with Crippen LogP contribution in [0, 0.1) is 0 Å². The fraction of sp³-hybridized carbons (Fsp3) is 0.333. The minimum atomic E-state index is -1.01. The van der Waals surface area contributed by atoms with Crippen LogP contribution in [0.1, 0.15) is 23.1 Å². The van der Waals surface area contributed by atoms with Crippen molar-refractivity contribution in [2.75, 3.05) is 40.0 Å². The van der Waals surface area contributed by atoms with Gasteiger partial charge in [0.2, 0.25) is 0 Å². The van der Waals surface area contributed by atoms with E-state index in [0.717, 1.165) is 66.9 Å². The molecule has 0 bridgehead atoms. The van der Waals surface area contributed by atoms with Crippen molar-refractivity contribution < 1.29 is 14.6 Å². The molecule has 160 valence electrons. The molecular weight excluding hydrogens is 386 g/mol. The van der Waals surface area contributed by atoms with Crippen LogP contribution >= 0.6 is 0 Å². The van der Waals surface area contributed by atoms with Crippen LogP contribution in [0.4, 0.5) is 0 Å². The maximum Gasteiger partial charge on any atom is 0.126 e. The van der Waals surface area contributed by atoms with Gasteiger partial charge < -0.3 is 14.6 Å². The van der Waals surface area contributed by atoms with Crippen LogP contribution in [0.15, 0.2) is 66.7 Å². The quantitative estimate of drug-likeness (QED) is 0.648. The first-order valence-corrected chi connectivity index (χ1v) is 11.1. The van der Waals surface area contributed by atoms with Gasteiger partial charge in [0.25, 0.3) is 0 Å². The highest BCUT2D eigenvalue weighted by molar-refractivity contribution is 5.91. The SMILES string of the molecule is COc1ccc(CC2(O)C=C(CCN3CCOCC3)c3ccccc32)c2ccccc12. The molecule has 1 atom stereocenters. The molecule has 1 aliphatic heterocycles. The molecule has 3 aromatic carbocycles. The van der Waals surface area contributed by atoms with Gasteiger partial charge in [-0.05, 0) is 46.2 Å². The Labute approximate surface area is 183 Å². The van der Waals surface area contributed by atoms with Crippen LogP contribution in [-0.4, -0.2) is 50.0 Å². The third-order valence-electron chi connectivity index (χ3n) is 6.61. The van der Waals surface area contributed by atoms with Crippen molar-refractivity contribution in [2.45, 2.75) is 18.4 Å². The molecule has 1 N–H and O–H groups in total. The first-order chi connectivity index (χ1) is 15.2. The molecule has 0 amide bonds. The van der Waals surface area contributed by atoms with E-state index < -0.39 is 5.60 Å². The topological polar surface area (TPSA) is 41.9 Å². The molecule has 4 nitrogen and oxygen atoms in total. The van der Waals surface area contributed by atoms with Gasteiger partial charge in [0.15, 0.2) is 0 Å². The Kier molecular flexibility index (Phi) is 5.53. The number of ether oxygens (including phenoxy) is 2. The largest absolute Gasteiger partial charge is 0.496 e. The Morgan fingerprint density at radius 3 is 2.52 bits per heavy atom. The number of morpholine rings is 1. The van der Waals surface area contributed by atoms with Gasteiger partial charge in [0.1, 0.15) is 11.4 Å². The first kappa shape index (κ1) is 20.3. The summed E-state index contributed by atoms with van der Waals surface area (Å²) >= 11 is 0. The van der Waals surface area contributed by atoms with Gasteiger partial charge in [0.05, 0.1) is 20.3 Å². The second kappa shape index (κ2) is 8.46. The van der Waals surface area contributed by atoms with Crippen LogP contribution in [0.2, 0.25) is 0 Å². The van der Waals surface area contributed by atoms with Crippen molar-refractivity contribution in [3.63, 3.8) is 0 Å². The van der Waals surface area contributed by atoms with E-state index in [4.69, 9.17) is 9.47 Å². The van der Waals surface area contributed by atoms with Gasteiger partial charge in [-0.1, -0.05) is 54.6 Å². The van der Waals surface area contributed by atoms with Crippen LogP contribution in [0.5, 0.6) is 5.75 Å². The highest BCUT2D eigenvalue weighted by Crippen LogP contribution is 2.43. The molecule has 0 spiro atoms. The van der Waals surface area contributed by atoms with E-state index in [1.165, 1.54) is 11.1 Å². The predicted molar refractivity (Wildman–Crippen MR) is 124 cm³/mol. The van der Waals surface area contributed by atoms with E-state index >= 15 is 0 Å². The fourth-order valence-corrected chi connectivity index (χ4v) is 5.00. The molecule has 1 unspecified atom stereocenters. The molecule has 1 aliphatic carbocycles. The zero-order valence-electron chi connectivity index (χ0n) is 18.0. The normalized spacial score (nSPS) is 21.2. The van der Waals surface area contributed by atoms with E-state index in [9.17, 15) is 5.11 Å². The van der Waals surface area contributed by atoms with Crippen LogP contribution < -0.4 is 4.74 Å². The molecule has 31 heavy (non-hydrogen) atoms. The minimum Gasteiger partial charge on any atom is -0.496 e. The van der Waals surface area contributed by atoms with Gasteiger partial charge in [-0.2, -0.15) is 0 Å². The highest BCUT2D eigenvalue weighted by atomic mass is 16.5. The maximum absolute atomic E-state index is 11.8. The number of rotatable bonds is 6. The van der Waals surface area contributed by atoms with Crippen LogP contribution in [-0.2, 0) is 16.8 Å². The number of benzene rings is 3. The number of fused-ring (bicyclic) bond motifs is 2. The number of hydrogen-bond acceptors (Lipinski definition) is 4. The zero-order chi connectivity index (χ0) is 21.3. The second-order valence-corrected chi connectivity index (χ2v) is 8.49. The smallest absolute Gasteiger partial charge is 0.126 e. The van der Waals surface area contributed by atoms with E-state index in [0.29, 0.717) is 6.42 Å². The Balaban J connectivity index is 1.47. The molecule has 0 aromatic heterocycles. The third kappa shape index (κ3) is 3.87. The van der Waals surface area contributed by atoms with Crippen molar-refractivity contribution in [3.8, 4) is 5.75 Å². The lowest BCUT2D eigenvalue weighted by Crippen LogP contribution is -2.36. The third-order valence-corrected chi connectivity index (χ3v) is 6.61. The molecule has 0 saturated carbocycles. The highest BCUT2D eigenvalue weighted by Gasteiger charge is 2.36. The number of aliphatic hydroxyl groups is 1. The standard InChI is InChI=1S/C27H29NO3/c1-30-26-11-10-20(22-6-2-3-8-24(22)26)18-27(29)19-21(23-7-4-5-9-25(23)27)12-13-28-14-16-31-17-15-28/h2-11,19,29H,12-18H2,1H3. The monoisotopic (exact) mass is 415 g/mol. The molecule has 2 aliphatic rings. The Morgan fingerprint density at radius 2 is 1.71 bits per heavy atom. The Morgan fingerprint density at radius 1 is 0.968 bits per heavy atom. The van der Waals surface area contributed by atoms with E-state index in [1.54, 1.807) is 7.11 Å². The van der Waals surface area contributed by atoms with Crippen molar-refractivity contribution in [1.29, 1.82) is 0 Å². The molecule has 1 saturated heterocycles. The summed E-state index contributed by atoms with van der Waals surface area (Å²) in [6.45, 7) is 4.58. The molecule has 3 aromatic rings. The summed E-state index contributed by atoms with van der Waals surface area (Å²) in [6, 6.07) is 20.6. The van der Waals surface area contributed by atoms with E-state index in [2.05, 4.69) is 47.4 Å². The lowest BCUT2D eigenvalue weighted by Gasteiger charge is -2.26. The molecular formula is C27H29NO3. The summed E-state index contributed by atoms with van der Waals surface area (Å²) in [5, 5.41) is 14.1. The summed E-state index contributed by atoms with van der Waals surface area (Å²) in [6.07, 6.45) is 3.56. The summed E-state index contributed by atoms with van der Waals surface area (Å²) in [7, 11) is 1.70. The second-order valence-electron chi connectivity index (χ2n) is 8.49. The van der Waals surface area contributed by atoms with Crippen molar-refractivity contribution >= 4 is 16.3 Å². The Hall–Kier alpha value is -2.66. The number of methoxy groups -OCH3 is 1. The van der Waals surface area contributed by atoms with Gasteiger partial charge in [-0.15, -0.1) is 0 Å².